The molecular weight excluding hydrogens is 232 g/mol. The van der Waals surface area contributed by atoms with Crippen LogP contribution in [0.2, 0.25) is 5.02 Å². The number of thiophene rings is 1. The zero-order valence-corrected chi connectivity index (χ0v) is 9.98. The molecule has 0 aromatic carbocycles. The number of rotatable bonds is 6. The van der Waals surface area contributed by atoms with Gasteiger partial charge in [0.05, 0.1) is 5.02 Å². The fourth-order valence-electron chi connectivity index (χ4n) is 1.36. The molecule has 84 valence electrons. The molecule has 0 aliphatic heterocycles. The number of hydrogen-bond acceptors (Lipinski definition) is 3. The Bertz CT molecular complexity index is 327. The second-order valence-electron chi connectivity index (χ2n) is 3.45. The van der Waals surface area contributed by atoms with Crippen LogP contribution in [0.5, 0.6) is 0 Å². The molecular formula is C10H15ClN2OS. The minimum Gasteiger partial charge on any atom is -0.370 e. The summed E-state index contributed by atoms with van der Waals surface area (Å²) in [6.45, 7) is 0. The Kier molecular flexibility index (Phi) is 5.08. The van der Waals surface area contributed by atoms with E-state index in [0.29, 0.717) is 6.42 Å². The maximum absolute atomic E-state index is 10.5. The van der Waals surface area contributed by atoms with Crippen molar-refractivity contribution in [2.75, 3.05) is 0 Å². The molecule has 15 heavy (non-hydrogen) atoms. The van der Waals surface area contributed by atoms with Crippen molar-refractivity contribution in [2.45, 2.75) is 31.7 Å². The molecule has 1 aromatic rings. The molecule has 3 nitrogen and oxygen atoms in total. The van der Waals surface area contributed by atoms with Gasteiger partial charge in [-0.25, -0.2) is 0 Å². The Morgan fingerprint density at radius 2 is 2.27 bits per heavy atom. The topological polar surface area (TPSA) is 69.1 Å². The normalized spacial score (nSPS) is 12.7. The van der Waals surface area contributed by atoms with Crippen LogP contribution in [0.25, 0.3) is 0 Å². The van der Waals surface area contributed by atoms with Crippen molar-refractivity contribution in [1.82, 2.24) is 0 Å². The Morgan fingerprint density at radius 3 is 2.80 bits per heavy atom. The van der Waals surface area contributed by atoms with E-state index in [2.05, 4.69) is 0 Å². The number of carbonyl (C=O) groups excluding carboxylic acids is 1. The van der Waals surface area contributed by atoms with E-state index < -0.39 is 0 Å². The van der Waals surface area contributed by atoms with Gasteiger partial charge in [-0.1, -0.05) is 18.0 Å². The second kappa shape index (κ2) is 6.10. The molecule has 0 bridgehead atoms. The number of carbonyl (C=O) groups is 1. The number of halogens is 1. The van der Waals surface area contributed by atoms with Gasteiger partial charge in [-0.2, -0.15) is 0 Å². The van der Waals surface area contributed by atoms with Gasteiger partial charge < -0.3 is 11.5 Å². The van der Waals surface area contributed by atoms with E-state index in [1.54, 1.807) is 11.3 Å². The van der Waals surface area contributed by atoms with E-state index >= 15 is 0 Å². The van der Waals surface area contributed by atoms with Crippen LogP contribution in [0.15, 0.2) is 11.4 Å². The Hall–Kier alpha value is -0.580. The second-order valence-corrected chi connectivity index (χ2v) is 4.81. The molecule has 4 N–H and O–H groups in total. The summed E-state index contributed by atoms with van der Waals surface area (Å²) >= 11 is 7.53. The first-order chi connectivity index (χ1) is 7.11. The standard InChI is InChI=1S/C10H15ClN2OS/c11-7-5-6-15-10(7)8(12)3-1-2-4-9(13)14/h5-6,8H,1-4,12H2,(H2,13,14). The molecule has 1 unspecified atom stereocenters. The molecule has 0 saturated heterocycles. The molecule has 1 amide bonds. The predicted molar refractivity (Wildman–Crippen MR) is 63.9 cm³/mol. The molecule has 0 aliphatic rings. The fraction of sp³-hybridized carbons (Fsp3) is 0.500. The molecule has 0 radical (unpaired) electrons. The van der Waals surface area contributed by atoms with Gasteiger partial charge in [-0.3, -0.25) is 4.79 Å². The largest absolute Gasteiger partial charge is 0.370 e. The van der Waals surface area contributed by atoms with Gasteiger partial charge in [0, 0.05) is 17.3 Å². The molecule has 0 spiro atoms. The lowest BCUT2D eigenvalue weighted by Crippen LogP contribution is -2.11. The van der Waals surface area contributed by atoms with Gasteiger partial charge in [0.2, 0.25) is 5.91 Å². The van der Waals surface area contributed by atoms with Crippen molar-refractivity contribution < 1.29 is 4.79 Å². The molecule has 5 heteroatoms. The Morgan fingerprint density at radius 1 is 1.53 bits per heavy atom. The van der Waals surface area contributed by atoms with Crippen LogP contribution in [-0.2, 0) is 4.79 Å². The van der Waals surface area contributed by atoms with Gasteiger partial charge in [-0.05, 0) is 24.3 Å². The highest BCUT2D eigenvalue weighted by Gasteiger charge is 2.11. The molecule has 1 atom stereocenters. The number of hydrogen-bond donors (Lipinski definition) is 2. The SMILES string of the molecule is NC(=O)CCCCC(N)c1sccc1Cl. The van der Waals surface area contributed by atoms with Crippen molar-refractivity contribution in [3.63, 3.8) is 0 Å². The van der Waals surface area contributed by atoms with Crippen LogP contribution in [0, 0.1) is 0 Å². The summed E-state index contributed by atoms with van der Waals surface area (Å²) in [5, 5.41) is 2.67. The first kappa shape index (κ1) is 12.5. The zero-order chi connectivity index (χ0) is 11.3. The summed E-state index contributed by atoms with van der Waals surface area (Å²) in [4.78, 5) is 11.5. The Balaban J connectivity index is 2.28. The van der Waals surface area contributed by atoms with Crippen LogP contribution in [0.3, 0.4) is 0 Å². The number of primary amides is 1. The molecule has 0 aliphatic carbocycles. The minimum atomic E-state index is -0.252. The van der Waals surface area contributed by atoms with Crippen LogP contribution in [0.1, 0.15) is 36.6 Å². The van der Waals surface area contributed by atoms with Gasteiger partial charge in [-0.15, -0.1) is 11.3 Å². The molecule has 0 fully saturated rings. The fourth-order valence-corrected chi connectivity index (χ4v) is 2.60. The average Bonchev–Trinajstić information content (AvgIpc) is 2.58. The van der Waals surface area contributed by atoms with E-state index in [1.165, 1.54) is 0 Å². The quantitative estimate of drug-likeness (QED) is 0.757. The third-order valence-corrected chi connectivity index (χ3v) is 3.66. The lowest BCUT2D eigenvalue weighted by atomic mass is 10.1. The van der Waals surface area contributed by atoms with E-state index in [-0.39, 0.29) is 11.9 Å². The van der Waals surface area contributed by atoms with E-state index in [9.17, 15) is 4.79 Å². The number of nitrogens with two attached hydrogens (primary N) is 2. The lowest BCUT2D eigenvalue weighted by molar-refractivity contribution is -0.118. The Labute approximate surface area is 98.4 Å². The van der Waals surface area contributed by atoms with Gasteiger partial charge in [0.25, 0.3) is 0 Å². The van der Waals surface area contributed by atoms with Crippen molar-refractivity contribution in [2.24, 2.45) is 11.5 Å². The van der Waals surface area contributed by atoms with Crippen molar-refractivity contribution >= 4 is 28.8 Å². The van der Waals surface area contributed by atoms with Crippen LogP contribution < -0.4 is 11.5 Å². The first-order valence-corrected chi connectivity index (χ1v) is 6.14. The van der Waals surface area contributed by atoms with Crippen LogP contribution in [0.4, 0.5) is 0 Å². The summed E-state index contributed by atoms with van der Waals surface area (Å²) in [6.07, 6.45) is 2.97. The average molecular weight is 247 g/mol. The van der Waals surface area contributed by atoms with Crippen molar-refractivity contribution in [1.29, 1.82) is 0 Å². The summed E-state index contributed by atoms with van der Waals surface area (Å²) in [6, 6.07) is 1.83. The third-order valence-electron chi connectivity index (χ3n) is 2.17. The summed E-state index contributed by atoms with van der Waals surface area (Å²) < 4.78 is 0. The van der Waals surface area contributed by atoms with E-state index in [4.69, 9.17) is 23.1 Å². The minimum absolute atomic E-state index is 0.0228. The maximum atomic E-state index is 10.5. The van der Waals surface area contributed by atoms with E-state index in [0.717, 1.165) is 29.2 Å². The number of amides is 1. The molecule has 1 rings (SSSR count). The summed E-state index contributed by atoms with van der Waals surface area (Å²) in [5.74, 6) is -0.252. The van der Waals surface area contributed by atoms with E-state index in [1.807, 2.05) is 11.4 Å². The molecule has 1 aromatic heterocycles. The third kappa shape index (κ3) is 4.20. The highest BCUT2D eigenvalue weighted by molar-refractivity contribution is 7.10. The summed E-state index contributed by atoms with van der Waals surface area (Å²) in [5.41, 5.74) is 11.0. The van der Waals surface area contributed by atoms with Crippen molar-refractivity contribution in [3.05, 3.63) is 21.3 Å². The molecule has 0 saturated carbocycles. The van der Waals surface area contributed by atoms with Crippen LogP contribution >= 0.6 is 22.9 Å². The van der Waals surface area contributed by atoms with Gasteiger partial charge >= 0.3 is 0 Å². The zero-order valence-electron chi connectivity index (χ0n) is 8.41. The van der Waals surface area contributed by atoms with Crippen molar-refractivity contribution in [3.8, 4) is 0 Å². The smallest absolute Gasteiger partial charge is 0.217 e. The lowest BCUT2D eigenvalue weighted by Gasteiger charge is -2.09. The first-order valence-electron chi connectivity index (χ1n) is 4.88. The number of unbranched alkanes of at least 4 members (excludes halogenated alkanes) is 1. The highest BCUT2D eigenvalue weighted by atomic mass is 35.5. The summed E-state index contributed by atoms with van der Waals surface area (Å²) in [7, 11) is 0. The monoisotopic (exact) mass is 246 g/mol. The van der Waals surface area contributed by atoms with Gasteiger partial charge in [0.15, 0.2) is 0 Å². The van der Waals surface area contributed by atoms with Gasteiger partial charge in [0.1, 0.15) is 0 Å². The van der Waals surface area contributed by atoms with Crippen LogP contribution in [-0.4, -0.2) is 5.91 Å². The molecule has 1 heterocycles. The maximum Gasteiger partial charge on any atom is 0.217 e. The highest BCUT2D eigenvalue weighted by Crippen LogP contribution is 2.29. The predicted octanol–water partition coefficient (Wildman–Crippen LogP) is 2.45.